The van der Waals surface area contributed by atoms with Crippen molar-refractivity contribution in [3.05, 3.63) is 47.5 Å². The SMILES string of the molecule is COc1cc(C(=O)OC(C)C(=O)Nc2ccc(S(=O)(=O)N3CCOCC3)cc2)cc(OC)c1C. The van der Waals surface area contributed by atoms with E-state index in [-0.39, 0.29) is 10.5 Å². The number of sulfonamides is 1. The summed E-state index contributed by atoms with van der Waals surface area (Å²) in [5.74, 6) is -0.375. The van der Waals surface area contributed by atoms with Crippen molar-refractivity contribution < 1.29 is 37.0 Å². The predicted molar refractivity (Wildman–Crippen MR) is 124 cm³/mol. The molecule has 1 heterocycles. The van der Waals surface area contributed by atoms with Crippen LogP contribution in [0.4, 0.5) is 5.69 Å². The fourth-order valence-electron chi connectivity index (χ4n) is 3.38. The van der Waals surface area contributed by atoms with Crippen molar-refractivity contribution in [3.63, 3.8) is 0 Å². The van der Waals surface area contributed by atoms with E-state index in [1.807, 2.05) is 0 Å². The Morgan fingerprint density at radius 3 is 2.12 bits per heavy atom. The van der Waals surface area contributed by atoms with E-state index < -0.39 is 28.0 Å². The van der Waals surface area contributed by atoms with Gasteiger partial charge in [0.05, 0.1) is 37.9 Å². The van der Waals surface area contributed by atoms with Crippen LogP contribution in [-0.4, -0.2) is 71.2 Å². The van der Waals surface area contributed by atoms with E-state index in [4.69, 9.17) is 18.9 Å². The zero-order chi connectivity index (χ0) is 24.9. The van der Waals surface area contributed by atoms with E-state index in [0.29, 0.717) is 43.5 Å². The molecule has 0 aromatic heterocycles. The molecule has 34 heavy (non-hydrogen) atoms. The van der Waals surface area contributed by atoms with E-state index in [1.165, 1.54) is 61.8 Å². The summed E-state index contributed by atoms with van der Waals surface area (Å²) in [6, 6.07) is 8.83. The Morgan fingerprint density at radius 1 is 1.03 bits per heavy atom. The lowest BCUT2D eigenvalue weighted by Gasteiger charge is -2.26. The molecule has 1 amide bonds. The highest BCUT2D eigenvalue weighted by atomic mass is 32.2. The summed E-state index contributed by atoms with van der Waals surface area (Å²) >= 11 is 0. The minimum atomic E-state index is -3.63. The van der Waals surface area contributed by atoms with Crippen molar-refractivity contribution in [2.75, 3.05) is 45.8 Å². The van der Waals surface area contributed by atoms with Gasteiger partial charge in [-0.15, -0.1) is 0 Å². The van der Waals surface area contributed by atoms with Gasteiger partial charge in [-0.3, -0.25) is 4.79 Å². The van der Waals surface area contributed by atoms with Gasteiger partial charge in [-0.2, -0.15) is 4.31 Å². The summed E-state index contributed by atoms with van der Waals surface area (Å²) in [5.41, 5.74) is 1.27. The summed E-state index contributed by atoms with van der Waals surface area (Å²) in [5, 5.41) is 2.62. The molecule has 0 bridgehead atoms. The van der Waals surface area contributed by atoms with Crippen molar-refractivity contribution in [1.82, 2.24) is 4.31 Å². The van der Waals surface area contributed by atoms with Crippen molar-refractivity contribution in [3.8, 4) is 11.5 Å². The second kappa shape index (κ2) is 10.9. The molecule has 1 aliphatic rings. The van der Waals surface area contributed by atoms with Crippen LogP contribution in [0.25, 0.3) is 0 Å². The van der Waals surface area contributed by atoms with E-state index in [2.05, 4.69) is 5.32 Å². The first-order valence-corrected chi connectivity index (χ1v) is 12.0. The Morgan fingerprint density at radius 2 is 1.59 bits per heavy atom. The van der Waals surface area contributed by atoms with Crippen molar-refractivity contribution in [1.29, 1.82) is 0 Å². The van der Waals surface area contributed by atoms with Crippen LogP contribution < -0.4 is 14.8 Å². The van der Waals surface area contributed by atoms with Gasteiger partial charge in [0, 0.05) is 24.3 Å². The molecular formula is C23H28N2O8S. The molecule has 2 aromatic rings. The number of methoxy groups -OCH3 is 2. The average Bonchev–Trinajstić information content (AvgIpc) is 2.84. The average molecular weight is 493 g/mol. The van der Waals surface area contributed by atoms with Crippen LogP contribution in [-0.2, 0) is 24.3 Å². The molecule has 0 spiro atoms. The molecule has 11 heteroatoms. The largest absolute Gasteiger partial charge is 0.496 e. The third-order valence-corrected chi connectivity index (χ3v) is 7.28. The van der Waals surface area contributed by atoms with E-state index in [9.17, 15) is 18.0 Å². The maximum atomic E-state index is 12.7. The Kier molecular flexibility index (Phi) is 8.13. The zero-order valence-corrected chi connectivity index (χ0v) is 20.3. The first-order chi connectivity index (χ1) is 16.2. The summed E-state index contributed by atoms with van der Waals surface area (Å²) in [6.45, 7) is 4.52. The smallest absolute Gasteiger partial charge is 0.339 e. The second-order valence-corrected chi connectivity index (χ2v) is 9.52. The number of carbonyl (C=O) groups is 2. The standard InChI is InChI=1S/C23H28N2O8S/c1-15-20(30-3)13-17(14-21(15)31-4)23(27)33-16(2)22(26)24-18-5-7-19(8-6-18)34(28,29)25-9-11-32-12-10-25/h5-8,13-14,16H,9-12H2,1-4H3,(H,24,26). The summed E-state index contributed by atoms with van der Waals surface area (Å²) in [4.78, 5) is 25.2. The number of benzene rings is 2. The van der Waals surface area contributed by atoms with Crippen molar-refractivity contribution >= 4 is 27.6 Å². The van der Waals surface area contributed by atoms with Crippen LogP contribution in [0.5, 0.6) is 11.5 Å². The Labute approximate surface area is 198 Å². The number of amides is 1. The predicted octanol–water partition coefficient (Wildman–Crippen LogP) is 2.22. The summed E-state index contributed by atoms with van der Waals surface area (Å²) < 4.78 is 47.8. The van der Waals surface area contributed by atoms with Gasteiger partial charge in [0.15, 0.2) is 6.10 Å². The number of hydrogen-bond donors (Lipinski definition) is 1. The van der Waals surface area contributed by atoms with Crippen LogP contribution >= 0.6 is 0 Å². The normalized spacial score (nSPS) is 15.3. The van der Waals surface area contributed by atoms with Crippen LogP contribution in [0.2, 0.25) is 0 Å². The van der Waals surface area contributed by atoms with E-state index in [1.54, 1.807) is 6.92 Å². The van der Waals surface area contributed by atoms with E-state index in [0.717, 1.165) is 5.56 Å². The van der Waals surface area contributed by atoms with E-state index >= 15 is 0 Å². The zero-order valence-electron chi connectivity index (χ0n) is 19.5. The number of rotatable bonds is 8. The highest BCUT2D eigenvalue weighted by Gasteiger charge is 2.26. The van der Waals surface area contributed by atoms with Crippen LogP contribution in [0, 0.1) is 6.92 Å². The molecule has 0 radical (unpaired) electrons. The maximum absolute atomic E-state index is 12.7. The van der Waals surface area contributed by atoms with Crippen molar-refractivity contribution in [2.24, 2.45) is 0 Å². The van der Waals surface area contributed by atoms with Gasteiger partial charge >= 0.3 is 5.97 Å². The van der Waals surface area contributed by atoms with Gasteiger partial charge in [0.2, 0.25) is 10.0 Å². The van der Waals surface area contributed by atoms with Crippen LogP contribution in [0.1, 0.15) is 22.8 Å². The molecule has 1 unspecified atom stereocenters. The Bertz CT molecular complexity index is 1120. The Hall–Kier alpha value is -3.15. The minimum Gasteiger partial charge on any atom is -0.496 e. The number of anilines is 1. The second-order valence-electron chi connectivity index (χ2n) is 7.58. The highest BCUT2D eigenvalue weighted by Crippen LogP contribution is 2.30. The molecular weight excluding hydrogens is 464 g/mol. The third-order valence-electron chi connectivity index (χ3n) is 5.37. The van der Waals surface area contributed by atoms with Crippen molar-refractivity contribution in [2.45, 2.75) is 24.8 Å². The van der Waals surface area contributed by atoms with Gasteiger partial charge in [0.25, 0.3) is 5.91 Å². The lowest BCUT2D eigenvalue weighted by molar-refractivity contribution is -0.123. The van der Waals surface area contributed by atoms with Gasteiger partial charge in [-0.05, 0) is 50.2 Å². The lowest BCUT2D eigenvalue weighted by atomic mass is 10.1. The van der Waals surface area contributed by atoms with Crippen LogP contribution in [0.15, 0.2) is 41.3 Å². The van der Waals surface area contributed by atoms with Gasteiger partial charge in [-0.1, -0.05) is 0 Å². The molecule has 184 valence electrons. The quantitative estimate of drug-likeness (QED) is 0.557. The molecule has 1 saturated heterocycles. The monoisotopic (exact) mass is 492 g/mol. The third kappa shape index (κ3) is 5.66. The number of hydrogen-bond acceptors (Lipinski definition) is 8. The fourth-order valence-corrected chi connectivity index (χ4v) is 4.78. The molecule has 1 aliphatic heterocycles. The summed E-state index contributed by atoms with van der Waals surface area (Å²) in [7, 11) is -0.681. The molecule has 3 rings (SSSR count). The topological polar surface area (TPSA) is 120 Å². The maximum Gasteiger partial charge on any atom is 0.339 e. The lowest BCUT2D eigenvalue weighted by Crippen LogP contribution is -2.40. The van der Waals surface area contributed by atoms with Crippen LogP contribution in [0.3, 0.4) is 0 Å². The Balaban J connectivity index is 1.64. The molecule has 0 aliphatic carbocycles. The molecule has 10 nitrogen and oxygen atoms in total. The van der Waals surface area contributed by atoms with Gasteiger partial charge < -0.3 is 24.3 Å². The first-order valence-electron chi connectivity index (χ1n) is 10.6. The molecule has 1 N–H and O–H groups in total. The number of nitrogens with zero attached hydrogens (tertiary/aromatic N) is 1. The molecule has 0 saturated carbocycles. The minimum absolute atomic E-state index is 0.120. The number of morpholine rings is 1. The molecule has 1 fully saturated rings. The number of esters is 1. The van der Waals surface area contributed by atoms with Gasteiger partial charge in [-0.25, -0.2) is 13.2 Å². The number of carbonyl (C=O) groups excluding carboxylic acids is 2. The highest BCUT2D eigenvalue weighted by molar-refractivity contribution is 7.89. The van der Waals surface area contributed by atoms with Gasteiger partial charge in [0.1, 0.15) is 11.5 Å². The molecule has 2 aromatic carbocycles. The summed E-state index contributed by atoms with van der Waals surface area (Å²) in [6.07, 6.45) is -1.11. The number of ether oxygens (including phenoxy) is 4. The number of nitrogens with one attached hydrogen (secondary N) is 1. The first kappa shape index (κ1) is 25.5. The molecule has 1 atom stereocenters. The fraction of sp³-hybridized carbons (Fsp3) is 0.391.